The van der Waals surface area contributed by atoms with Crippen LogP contribution in [0.4, 0.5) is 0 Å². The minimum absolute atomic E-state index is 0.314. The van der Waals surface area contributed by atoms with Crippen molar-refractivity contribution in [3.63, 3.8) is 0 Å². The molecular weight excluding hydrogens is 168 g/mol. The molecular formula is C6H12BrO. The smallest absolute Gasteiger partial charge is 0.0927 e. The van der Waals surface area contributed by atoms with Gasteiger partial charge in [-0.15, -0.1) is 0 Å². The number of rotatable bonds is 3. The first-order chi connectivity index (χ1) is 3.68. The molecule has 0 saturated heterocycles. The third-order valence-electron chi connectivity index (χ3n) is 1.37. The quantitative estimate of drug-likeness (QED) is 0.593. The summed E-state index contributed by atoms with van der Waals surface area (Å²) in [6, 6.07) is 0. The lowest BCUT2D eigenvalue weighted by Crippen LogP contribution is -2.11. The molecule has 0 aliphatic rings. The Morgan fingerprint density at radius 1 is 1.50 bits per heavy atom. The van der Waals surface area contributed by atoms with Gasteiger partial charge in [0.1, 0.15) is 0 Å². The molecule has 0 aromatic rings. The topological polar surface area (TPSA) is 19.9 Å². The Kier molecular flexibility index (Phi) is 4.57. The fourth-order valence-corrected chi connectivity index (χ4v) is 1.13. The molecule has 0 amide bonds. The zero-order chi connectivity index (χ0) is 6.57. The third-order valence-corrected chi connectivity index (χ3v) is 1.82. The average molecular weight is 180 g/mol. The first-order valence-electron chi connectivity index (χ1n) is 2.90. The lowest BCUT2D eigenvalue weighted by Gasteiger charge is -2.08. The van der Waals surface area contributed by atoms with Crippen LogP contribution in [-0.2, 0) is 5.11 Å². The van der Waals surface area contributed by atoms with Gasteiger partial charge < -0.3 is 0 Å². The molecule has 0 bridgehead atoms. The summed E-state index contributed by atoms with van der Waals surface area (Å²) >= 11 is 3.28. The molecule has 0 fully saturated rings. The summed E-state index contributed by atoms with van der Waals surface area (Å²) in [5.74, 6) is 0.314. The third kappa shape index (κ3) is 3.44. The van der Waals surface area contributed by atoms with Crippen LogP contribution in [0.3, 0.4) is 0 Å². The van der Waals surface area contributed by atoms with E-state index in [1.54, 1.807) is 6.92 Å². The van der Waals surface area contributed by atoms with Crippen LogP contribution in [-0.4, -0.2) is 11.4 Å². The Balaban J connectivity index is 3.17. The maximum absolute atomic E-state index is 10.6. The monoisotopic (exact) mass is 179 g/mol. The molecule has 0 heterocycles. The highest BCUT2D eigenvalue weighted by molar-refractivity contribution is 9.09. The first kappa shape index (κ1) is 8.44. The lowest BCUT2D eigenvalue weighted by atomic mass is 10.0. The van der Waals surface area contributed by atoms with Gasteiger partial charge in [-0.05, 0) is 19.3 Å². The van der Waals surface area contributed by atoms with Crippen LogP contribution in [0.25, 0.3) is 0 Å². The van der Waals surface area contributed by atoms with Gasteiger partial charge in [0.05, 0.1) is 6.10 Å². The summed E-state index contributed by atoms with van der Waals surface area (Å²) in [7, 11) is 0. The lowest BCUT2D eigenvalue weighted by molar-refractivity contribution is 0.0581. The van der Waals surface area contributed by atoms with Gasteiger partial charge in [0.2, 0.25) is 0 Å². The molecule has 1 radical (unpaired) electrons. The number of halogens is 1. The van der Waals surface area contributed by atoms with Crippen LogP contribution in [0.15, 0.2) is 0 Å². The van der Waals surface area contributed by atoms with Crippen molar-refractivity contribution in [1.82, 2.24) is 0 Å². The molecule has 0 N–H and O–H groups in total. The summed E-state index contributed by atoms with van der Waals surface area (Å²) in [6.07, 6.45) is 0.581. The Morgan fingerprint density at radius 2 is 2.00 bits per heavy atom. The van der Waals surface area contributed by atoms with Gasteiger partial charge >= 0.3 is 0 Å². The molecule has 0 spiro atoms. The SMILES string of the molecule is CC([O])C(C)CCBr. The fraction of sp³-hybridized carbons (Fsp3) is 1.00. The maximum Gasteiger partial charge on any atom is 0.0927 e. The summed E-state index contributed by atoms with van der Waals surface area (Å²) in [5, 5.41) is 11.5. The van der Waals surface area contributed by atoms with Crippen LogP contribution >= 0.6 is 15.9 Å². The molecule has 0 aromatic carbocycles. The van der Waals surface area contributed by atoms with Gasteiger partial charge in [-0.1, -0.05) is 22.9 Å². The molecule has 8 heavy (non-hydrogen) atoms. The van der Waals surface area contributed by atoms with Crippen molar-refractivity contribution in [2.45, 2.75) is 26.4 Å². The zero-order valence-electron chi connectivity index (χ0n) is 5.36. The number of hydrogen-bond donors (Lipinski definition) is 0. The molecule has 2 atom stereocenters. The van der Waals surface area contributed by atoms with Gasteiger partial charge in [-0.25, -0.2) is 5.11 Å². The van der Waals surface area contributed by atoms with Gasteiger partial charge in [-0.3, -0.25) is 0 Å². The molecule has 1 nitrogen and oxygen atoms in total. The fourth-order valence-electron chi connectivity index (χ4n) is 0.407. The summed E-state index contributed by atoms with van der Waals surface area (Å²) in [6.45, 7) is 3.70. The molecule has 49 valence electrons. The molecule has 0 saturated carbocycles. The second-order valence-corrected chi connectivity index (χ2v) is 2.95. The minimum atomic E-state index is -0.410. The largest absolute Gasteiger partial charge is 0.233 e. The van der Waals surface area contributed by atoms with Gasteiger partial charge in [0.15, 0.2) is 0 Å². The normalized spacial score (nSPS) is 18.0. The van der Waals surface area contributed by atoms with Gasteiger partial charge in [-0.2, -0.15) is 0 Å². The van der Waals surface area contributed by atoms with E-state index in [9.17, 15) is 5.11 Å². The summed E-state index contributed by atoms with van der Waals surface area (Å²) in [4.78, 5) is 0. The summed E-state index contributed by atoms with van der Waals surface area (Å²) < 4.78 is 0. The van der Waals surface area contributed by atoms with Crippen LogP contribution < -0.4 is 0 Å². The average Bonchev–Trinajstić information content (AvgIpc) is 1.67. The second-order valence-electron chi connectivity index (χ2n) is 2.16. The van der Waals surface area contributed by atoms with Crippen LogP contribution in [0, 0.1) is 5.92 Å². The van der Waals surface area contributed by atoms with Crippen molar-refractivity contribution in [1.29, 1.82) is 0 Å². The molecule has 0 aliphatic carbocycles. The van der Waals surface area contributed by atoms with Crippen LogP contribution in [0.5, 0.6) is 0 Å². The van der Waals surface area contributed by atoms with E-state index in [0.717, 1.165) is 11.8 Å². The predicted octanol–water partition coefficient (Wildman–Crippen LogP) is 2.23. The molecule has 0 rings (SSSR count). The van der Waals surface area contributed by atoms with E-state index in [2.05, 4.69) is 15.9 Å². The molecule has 0 aliphatic heterocycles. The van der Waals surface area contributed by atoms with Gasteiger partial charge in [0, 0.05) is 5.33 Å². The zero-order valence-corrected chi connectivity index (χ0v) is 6.94. The van der Waals surface area contributed by atoms with E-state index in [-0.39, 0.29) is 0 Å². The Hall–Kier alpha value is 0.440. The Morgan fingerprint density at radius 3 is 2.12 bits per heavy atom. The van der Waals surface area contributed by atoms with Crippen LogP contribution in [0.1, 0.15) is 20.3 Å². The van der Waals surface area contributed by atoms with E-state index in [1.165, 1.54) is 0 Å². The number of alkyl halides is 1. The molecule has 2 unspecified atom stereocenters. The summed E-state index contributed by atoms with van der Waals surface area (Å²) in [5.41, 5.74) is 0. The minimum Gasteiger partial charge on any atom is -0.233 e. The highest BCUT2D eigenvalue weighted by atomic mass is 79.9. The predicted molar refractivity (Wildman–Crippen MR) is 37.7 cm³/mol. The van der Waals surface area contributed by atoms with Crippen LogP contribution in [0.2, 0.25) is 0 Å². The van der Waals surface area contributed by atoms with Crippen molar-refractivity contribution >= 4 is 15.9 Å². The van der Waals surface area contributed by atoms with Crippen molar-refractivity contribution in [3.05, 3.63) is 0 Å². The first-order valence-corrected chi connectivity index (χ1v) is 4.02. The highest BCUT2D eigenvalue weighted by Crippen LogP contribution is 2.08. The van der Waals surface area contributed by atoms with E-state index in [0.29, 0.717) is 5.92 Å². The van der Waals surface area contributed by atoms with Crippen molar-refractivity contribution in [2.75, 3.05) is 5.33 Å². The maximum atomic E-state index is 10.6. The molecule has 2 heteroatoms. The number of hydrogen-bond acceptors (Lipinski definition) is 0. The highest BCUT2D eigenvalue weighted by Gasteiger charge is 2.07. The van der Waals surface area contributed by atoms with Gasteiger partial charge in [0.25, 0.3) is 0 Å². The standard InChI is InChI=1S/C6H12BrO/c1-5(3-4-7)6(2)8/h5-6H,3-4H2,1-2H3. The Labute approximate surface area is 59.2 Å². The van der Waals surface area contributed by atoms with Crippen molar-refractivity contribution in [3.8, 4) is 0 Å². The van der Waals surface area contributed by atoms with E-state index in [1.807, 2.05) is 6.92 Å². The van der Waals surface area contributed by atoms with E-state index in [4.69, 9.17) is 0 Å². The van der Waals surface area contributed by atoms with E-state index < -0.39 is 6.10 Å². The van der Waals surface area contributed by atoms with E-state index >= 15 is 0 Å². The molecule has 0 aromatic heterocycles. The van der Waals surface area contributed by atoms with Crippen molar-refractivity contribution < 1.29 is 5.11 Å². The Bertz CT molecular complexity index is 54.5. The second kappa shape index (κ2) is 4.33. The van der Waals surface area contributed by atoms with Crippen molar-refractivity contribution in [2.24, 2.45) is 5.92 Å².